The zero-order valence-electron chi connectivity index (χ0n) is 23.6. The van der Waals surface area contributed by atoms with E-state index in [2.05, 4.69) is 10.6 Å². The fourth-order valence-corrected chi connectivity index (χ4v) is 5.17. The number of nitrogens with zero attached hydrogens (tertiary/aromatic N) is 4. The molecule has 40 heavy (non-hydrogen) atoms. The van der Waals surface area contributed by atoms with Crippen LogP contribution in [0.2, 0.25) is 0 Å². The summed E-state index contributed by atoms with van der Waals surface area (Å²) in [4.78, 5) is 46.0. The van der Waals surface area contributed by atoms with Gasteiger partial charge in [-0.25, -0.2) is 9.67 Å². The van der Waals surface area contributed by atoms with Crippen LogP contribution in [0.5, 0.6) is 0 Å². The first-order valence-electron chi connectivity index (χ1n) is 13.7. The second-order valence-electron chi connectivity index (χ2n) is 10.5. The SMILES string of the molecule is CSCc1ccc(C(=O)N2CCCC(=O)N[C@H](CC(C)C)C(=O)N[C@H](C)c3nc(-c4ccccc4)nn3CC2)o1. The zero-order valence-corrected chi connectivity index (χ0v) is 24.4. The Labute approximate surface area is 239 Å². The lowest BCUT2D eigenvalue weighted by Gasteiger charge is -2.25. The summed E-state index contributed by atoms with van der Waals surface area (Å²) < 4.78 is 7.57. The molecule has 2 atom stereocenters. The number of nitrogens with one attached hydrogen (secondary N) is 2. The minimum Gasteiger partial charge on any atom is -0.455 e. The van der Waals surface area contributed by atoms with E-state index in [1.807, 2.05) is 63.4 Å². The minimum absolute atomic E-state index is 0.198. The largest absolute Gasteiger partial charge is 0.455 e. The zero-order chi connectivity index (χ0) is 28.6. The quantitative estimate of drug-likeness (QED) is 0.462. The summed E-state index contributed by atoms with van der Waals surface area (Å²) in [5, 5.41) is 10.7. The van der Waals surface area contributed by atoms with Gasteiger partial charge in [0.15, 0.2) is 11.6 Å². The van der Waals surface area contributed by atoms with Gasteiger partial charge in [-0.15, -0.1) is 0 Å². The number of carbonyl (C=O) groups excluding carboxylic acids is 3. The molecule has 4 rings (SSSR count). The van der Waals surface area contributed by atoms with Crippen LogP contribution in [0.3, 0.4) is 0 Å². The summed E-state index contributed by atoms with van der Waals surface area (Å²) in [5.41, 5.74) is 0.855. The number of carbonyl (C=O) groups is 3. The Balaban J connectivity index is 1.66. The number of hydrogen-bond donors (Lipinski definition) is 2. The van der Waals surface area contributed by atoms with Gasteiger partial charge in [0, 0.05) is 25.1 Å². The van der Waals surface area contributed by atoms with E-state index in [0.717, 1.165) is 11.3 Å². The van der Waals surface area contributed by atoms with Crippen molar-refractivity contribution in [2.24, 2.45) is 5.92 Å². The topological polar surface area (TPSA) is 122 Å². The molecule has 0 aliphatic carbocycles. The van der Waals surface area contributed by atoms with Gasteiger partial charge in [0.2, 0.25) is 11.8 Å². The van der Waals surface area contributed by atoms with Crippen LogP contribution >= 0.6 is 11.8 Å². The third-order valence-corrected chi connectivity index (χ3v) is 7.27. The van der Waals surface area contributed by atoms with Gasteiger partial charge in [-0.2, -0.15) is 16.9 Å². The van der Waals surface area contributed by atoms with Gasteiger partial charge in [-0.1, -0.05) is 44.2 Å². The number of furan rings is 1. The van der Waals surface area contributed by atoms with Gasteiger partial charge < -0.3 is 20.0 Å². The summed E-state index contributed by atoms with van der Waals surface area (Å²) in [6, 6.07) is 12.0. The van der Waals surface area contributed by atoms with Crippen molar-refractivity contribution in [3.05, 3.63) is 59.8 Å². The van der Waals surface area contributed by atoms with E-state index < -0.39 is 12.1 Å². The molecule has 2 N–H and O–H groups in total. The first-order valence-corrected chi connectivity index (χ1v) is 15.1. The molecule has 0 bridgehead atoms. The highest BCUT2D eigenvalue weighted by Crippen LogP contribution is 2.21. The number of benzene rings is 1. The van der Waals surface area contributed by atoms with Crippen molar-refractivity contribution < 1.29 is 18.8 Å². The number of amides is 3. The third kappa shape index (κ3) is 7.53. The highest BCUT2D eigenvalue weighted by molar-refractivity contribution is 7.97. The Kier molecular flexibility index (Phi) is 10.0. The molecular formula is C29H38N6O4S. The number of hydrogen-bond acceptors (Lipinski definition) is 7. The van der Waals surface area contributed by atoms with Crippen LogP contribution in [0.1, 0.15) is 68.2 Å². The molecule has 0 radical (unpaired) electrons. The molecule has 1 aromatic carbocycles. The second-order valence-corrected chi connectivity index (χ2v) is 11.3. The minimum atomic E-state index is -0.668. The molecule has 214 valence electrons. The molecular weight excluding hydrogens is 528 g/mol. The van der Waals surface area contributed by atoms with Crippen molar-refractivity contribution >= 4 is 29.5 Å². The molecule has 0 fully saturated rings. The molecule has 3 amide bonds. The van der Waals surface area contributed by atoms with Gasteiger partial charge in [0.25, 0.3) is 5.91 Å². The van der Waals surface area contributed by atoms with Crippen molar-refractivity contribution in [2.45, 2.75) is 64.4 Å². The Hall–Kier alpha value is -3.60. The van der Waals surface area contributed by atoms with Crippen molar-refractivity contribution in [2.75, 3.05) is 19.3 Å². The molecule has 1 aliphatic rings. The molecule has 0 saturated heterocycles. The molecule has 11 heteroatoms. The summed E-state index contributed by atoms with van der Waals surface area (Å²) in [5.74, 6) is 2.31. The fourth-order valence-electron chi connectivity index (χ4n) is 4.73. The summed E-state index contributed by atoms with van der Waals surface area (Å²) in [7, 11) is 0. The molecule has 2 aromatic heterocycles. The Morgan fingerprint density at radius 2 is 1.88 bits per heavy atom. The van der Waals surface area contributed by atoms with Gasteiger partial charge in [-0.05, 0) is 44.1 Å². The molecule has 1 aliphatic heterocycles. The number of aromatic nitrogens is 3. The van der Waals surface area contributed by atoms with Crippen LogP contribution in [-0.4, -0.2) is 62.8 Å². The maximum atomic E-state index is 13.5. The van der Waals surface area contributed by atoms with E-state index in [1.165, 1.54) is 0 Å². The van der Waals surface area contributed by atoms with E-state index in [1.54, 1.807) is 27.4 Å². The maximum Gasteiger partial charge on any atom is 0.289 e. The average Bonchev–Trinajstić information content (AvgIpc) is 3.57. The molecule has 3 aromatic rings. The number of thioether (sulfide) groups is 1. The standard InChI is InChI=1S/C29H38N6O4S/c1-19(2)17-23-28(37)30-20(3)27-32-26(21-9-6-5-7-10-21)33-35(27)16-15-34(14-8-11-25(36)31-23)29(38)24-13-12-22(39-24)18-40-4/h5-7,9-10,12-13,19-20,23H,8,11,14-18H2,1-4H3,(H,30,37)(H,31,36)/t20-,23-/m1/s1. The summed E-state index contributed by atoms with van der Waals surface area (Å²) in [6.07, 6.45) is 3.13. The molecule has 3 heterocycles. The molecule has 0 saturated carbocycles. The number of rotatable bonds is 6. The van der Waals surface area contributed by atoms with Gasteiger partial charge >= 0.3 is 0 Å². The van der Waals surface area contributed by atoms with E-state index in [0.29, 0.717) is 49.9 Å². The predicted molar refractivity (Wildman–Crippen MR) is 154 cm³/mol. The summed E-state index contributed by atoms with van der Waals surface area (Å²) in [6.45, 7) is 6.93. The monoisotopic (exact) mass is 566 g/mol. The van der Waals surface area contributed by atoms with E-state index in [4.69, 9.17) is 14.5 Å². The van der Waals surface area contributed by atoms with Crippen LogP contribution in [0, 0.1) is 5.92 Å². The third-order valence-electron chi connectivity index (χ3n) is 6.70. The van der Waals surface area contributed by atoms with Crippen LogP contribution in [-0.2, 0) is 21.9 Å². The molecule has 0 unspecified atom stereocenters. The van der Waals surface area contributed by atoms with Gasteiger partial charge in [-0.3, -0.25) is 14.4 Å². The first-order chi connectivity index (χ1) is 19.2. The Bertz CT molecular complexity index is 1300. The van der Waals surface area contributed by atoms with Crippen molar-refractivity contribution in [1.82, 2.24) is 30.3 Å². The normalized spacial score (nSPS) is 19.1. The van der Waals surface area contributed by atoms with Gasteiger partial charge in [0.1, 0.15) is 17.6 Å². The highest BCUT2D eigenvalue weighted by Gasteiger charge is 2.27. The van der Waals surface area contributed by atoms with E-state index in [-0.39, 0.29) is 35.8 Å². The van der Waals surface area contributed by atoms with Crippen LogP contribution in [0.25, 0.3) is 11.4 Å². The predicted octanol–water partition coefficient (Wildman–Crippen LogP) is 4.05. The number of fused-ring (bicyclic) bond motifs is 1. The highest BCUT2D eigenvalue weighted by atomic mass is 32.2. The van der Waals surface area contributed by atoms with Crippen molar-refractivity contribution in [1.29, 1.82) is 0 Å². The van der Waals surface area contributed by atoms with E-state index >= 15 is 0 Å². The Morgan fingerprint density at radius 1 is 1.10 bits per heavy atom. The molecule has 0 spiro atoms. The Morgan fingerprint density at radius 3 is 2.60 bits per heavy atom. The van der Waals surface area contributed by atoms with Crippen molar-refractivity contribution in [3.8, 4) is 11.4 Å². The van der Waals surface area contributed by atoms with Gasteiger partial charge in [0.05, 0.1) is 18.3 Å². The second kappa shape index (κ2) is 13.6. The molecule has 10 nitrogen and oxygen atoms in total. The maximum absolute atomic E-state index is 13.5. The van der Waals surface area contributed by atoms with Crippen LogP contribution in [0.15, 0.2) is 46.9 Å². The first kappa shape index (κ1) is 29.4. The lowest BCUT2D eigenvalue weighted by molar-refractivity contribution is -0.129. The smallest absolute Gasteiger partial charge is 0.289 e. The fraction of sp³-hybridized carbons (Fsp3) is 0.483. The summed E-state index contributed by atoms with van der Waals surface area (Å²) >= 11 is 1.62. The van der Waals surface area contributed by atoms with Crippen LogP contribution in [0.4, 0.5) is 0 Å². The lowest BCUT2D eigenvalue weighted by Crippen LogP contribution is -2.48. The van der Waals surface area contributed by atoms with E-state index in [9.17, 15) is 14.4 Å². The van der Waals surface area contributed by atoms with Crippen LogP contribution < -0.4 is 10.6 Å². The average molecular weight is 567 g/mol. The van der Waals surface area contributed by atoms with Crippen molar-refractivity contribution in [3.63, 3.8) is 0 Å². The lowest BCUT2D eigenvalue weighted by atomic mass is 10.0.